The number of anilines is 1. The highest BCUT2D eigenvalue weighted by atomic mass is 32.1. The van der Waals surface area contributed by atoms with Gasteiger partial charge < -0.3 is 10.2 Å². The van der Waals surface area contributed by atoms with Crippen LogP contribution in [-0.2, 0) is 0 Å². The van der Waals surface area contributed by atoms with Crippen LogP contribution in [0, 0.1) is 5.82 Å². The van der Waals surface area contributed by atoms with E-state index in [9.17, 15) is 14.0 Å². The van der Waals surface area contributed by atoms with Gasteiger partial charge in [-0.05, 0) is 42.5 Å². The molecule has 28 heavy (non-hydrogen) atoms. The molecule has 1 aliphatic heterocycles. The SMILES string of the molecule is O=C(Nc1cccc(F)c1)c1nnc(C2CCCN(C(=O)c3cccs3)C2)s1. The number of carbonyl (C=O) groups is 2. The maximum Gasteiger partial charge on any atom is 0.286 e. The summed E-state index contributed by atoms with van der Waals surface area (Å²) in [7, 11) is 0. The summed E-state index contributed by atoms with van der Waals surface area (Å²) in [5, 5.41) is 13.7. The van der Waals surface area contributed by atoms with Gasteiger partial charge in [-0.3, -0.25) is 9.59 Å². The second-order valence-electron chi connectivity index (χ2n) is 6.48. The lowest BCUT2D eigenvalue weighted by atomic mass is 9.98. The molecular formula is C19H17FN4O2S2. The molecule has 2 amide bonds. The van der Waals surface area contributed by atoms with Gasteiger partial charge in [0.2, 0.25) is 5.01 Å². The number of aromatic nitrogens is 2. The molecule has 1 saturated heterocycles. The molecule has 3 heterocycles. The molecule has 2 aromatic heterocycles. The monoisotopic (exact) mass is 416 g/mol. The Kier molecular flexibility index (Phi) is 5.45. The third-order valence-corrected chi connectivity index (χ3v) is 6.45. The Morgan fingerprint density at radius 1 is 1.21 bits per heavy atom. The molecule has 0 saturated carbocycles. The first-order valence-electron chi connectivity index (χ1n) is 8.83. The molecule has 3 aromatic rings. The lowest BCUT2D eigenvalue weighted by Crippen LogP contribution is -2.38. The van der Waals surface area contributed by atoms with Crippen molar-refractivity contribution in [1.82, 2.24) is 15.1 Å². The number of nitrogens with zero attached hydrogens (tertiary/aromatic N) is 3. The zero-order valence-corrected chi connectivity index (χ0v) is 16.4. The maximum atomic E-state index is 13.3. The molecule has 1 N–H and O–H groups in total. The van der Waals surface area contributed by atoms with Crippen LogP contribution in [0.15, 0.2) is 41.8 Å². The Hall–Kier alpha value is -2.65. The van der Waals surface area contributed by atoms with Crippen molar-refractivity contribution in [3.63, 3.8) is 0 Å². The van der Waals surface area contributed by atoms with E-state index in [0.717, 1.165) is 29.3 Å². The van der Waals surface area contributed by atoms with Crippen molar-refractivity contribution < 1.29 is 14.0 Å². The highest BCUT2D eigenvalue weighted by molar-refractivity contribution is 7.13. The lowest BCUT2D eigenvalue weighted by Gasteiger charge is -2.31. The van der Waals surface area contributed by atoms with E-state index in [1.54, 1.807) is 6.07 Å². The van der Waals surface area contributed by atoms with Crippen LogP contribution in [0.5, 0.6) is 0 Å². The second-order valence-corrected chi connectivity index (χ2v) is 8.43. The number of likely N-dealkylation sites (tertiary alicyclic amines) is 1. The summed E-state index contributed by atoms with van der Waals surface area (Å²) in [5.41, 5.74) is 0.368. The average Bonchev–Trinajstić information content (AvgIpc) is 3.40. The molecule has 9 heteroatoms. The minimum absolute atomic E-state index is 0.0355. The van der Waals surface area contributed by atoms with Gasteiger partial charge in [-0.15, -0.1) is 21.5 Å². The number of carbonyl (C=O) groups excluding carboxylic acids is 2. The molecule has 1 atom stereocenters. The van der Waals surface area contributed by atoms with Crippen LogP contribution in [0.4, 0.5) is 10.1 Å². The number of hydrogen-bond acceptors (Lipinski definition) is 6. The van der Waals surface area contributed by atoms with Crippen molar-refractivity contribution in [3.05, 3.63) is 62.5 Å². The van der Waals surface area contributed by atoms with E-state index in [2.05, 4.69) is 15.5 Å². The summed E-state index contributed by atoms with van der Waals surface area (Å²) in [6.07, 6.45) is 1.78. The smallest absolute Gasteiger partial charge is 0.286 e. The summed E-state index contributed by atoms with van der Waals surface area (Å²) in [6, 6.07) is 9.39. The van der Waals surface area contributed by atoms with Crippen LogP contribution >= 0.6 is 22.7 Å². The van der Waals surface area contributed by atoms with Crippen LogP contribution in [-0.4, -0.2) is 40.0 Å². The standard InChI is InChI=1S/C19H17FN4O2S2/c20-13-5-1-6-14(10-13)21-16(25)18-23-22-17(28-18)12-4-2-8-24(11-12)19(26)15-7-3-9-27-15/h1,3,5-7,9-10,12H,2,4,8,11H2,(H,21,25). The van der Waals surface area contributed by atoms with Crippen molar-refractivity contribution in [2.75, 3.05) is 18.4 Å². The first kappa shape index (κ1) is 18.7. The fourth-order valence-electron chi connectivity index (χ4n) is 3.16. The molecule has 1 aliphatic rings. The molecule has 1 unspecified atom stereocenters. The van der Waals surface area contributed by atoms with Crippen molar-refractivity contribution in [2.24, 2.45) is 0 Å². The number of halogens is 1. The number of amides is 2. The zero-order chi connectivity index (χ0) is 19.5. The highest BCUT2D eigenvalue weighted by Gasteiger charge is 2.28. The quantitative estimate of drug-likeness (QED) is 0.697. The number of benzene rings is 1. The Morgan fingerprint density at radius 2 is 2.11 bits per heavy atom. The Morgan fingerprint density at radius 3 is 2.89 bits per heavy atom. The van der Waals surface area contributed by atoms with Gasteiger partial charge in [0.25, 0.3) is 11.8 Å². The molecule has 0 radical (unpaired) electrons. The number of thiophene rings is 1. The van der Waals surface area contributed by atoms with Crippen LogP contribution < -0.4 is 5.32 Å². The maximum absolute atomic E-state index is 13.3. The summed E-state index contributed by atoms with van der Waals surface area (Å²) >= 11 is 2.65. The normalized spacial score (nSPS) is 16.8. The Balaban J connectivity index is 1.43. The molecule has 144 valence electrons. The highest BCUT2D eigenvalue weighted by Crippen LogP contribution is 2.30. The Labute approximate surface area is 169 Å². The van der Waals surface area contributed by atoms with Crippen LogP contribution in [0.2, 0.25) is 0 Å². The summed E-state index contributed by atoms with van der Waals surface area (Å²) < 4.78 is 13.3. The molecule has 6 nitrogen and oxygen atoms in total. The van der Waals surface area contributed by atoms with E-state index in [1.165, 1.54) is 40.9 Å². The van der Waals surface area contributed by atoms with Gasteiger partial charge in [0.05, 0.1) is 4.88 Å². The third kappa shape index (κ3) is 4.10. The van der Waals surface area contributed by atoms with E-state index in [1.807, 2.05) is 22.4 Å². The van der Waals surface area contributed by atoms with E-state index in [0.29, 0.717) is 12.2 Å². The van der Waals surface area contributed by atoms with Gasteiger partial charge in [0.1, 0.15) is 10.8 Å². The number of piperidine rings is 1. The molecule has 4 rings (SSSR count). The predicted molar refractivity (Wildman–Crippen MR) is 106 cm³/mol. The fraction of sp³-hybridized carbons (Fsp3) is 0.263. The van der Waals surface area contributed by atoms with Crippen molar-refractivity contribution in [3.8, 4) is 0 Å². The number of nitrogens with one attached hydrogen (secondary N) is 1. The van der Waals surface area contributed by atoms with Crippen molar-refractivity contribution in [1.29, 1.82) is 0 Å². The van der Waals surface area contributed by atoms with Gasteiger partial charge in [0, 0.05) is 24.7 Å². The summed E-state index contributed by atoms with van der Waals surface area (Å²) in [6.45, 7) is 1.29. The zero-order valence-electron chi connectivity index (χ0n) is 14.8. The summed E-state index contributed by atoms with van der Waals surface area (Å²) in [4.78, 5) is 27.5. The van der Waals surface area contributed by atoms with E-state index >= 15 is 0 Å². The minimum Gasteiger partial charge on any atom is -0.337 e. The third-order valence-electron chi connectivity index (χ3n) is 4.51. The molecular weight excluding hydrogens is 399 g/mol. The van der Waals surface area contributed by atoms with E-state index in [4.69, 9.17) is 0 Å². The van der Waals surface area contributed by atoms with Gasteiger partial charge >= 0.3 is 0 Å². The van der Waals surface area contributed by atoms with Gasteiger partial charge in [-0.2, -0.15) is 0 Å². The van der Waals surface area contributed by atoms with Gasteiger partial charge in [-0.1, -0.05) is 23.5 Å². The number of rotatable bonds is 4. The van der Waals surface area contributed by atoms with E-state index in [-0.39, 0.29) is 16.8 Å². The largest absolute Gasteiger partial charge is 0.337 e. The molecule has 1 aromatic carbocycles. The minimum atomic E-state index is -0.423. The van der Waals surface area contributed by atoms with Crippen molar-refractivity contribution in [2.45, 2.75) is 18.8 Å². The molecule has 1 fully saturated rings. The number of hydrogen-bond donors (Lipinski definition) is 1. The fourth-order valence-corrected chi connectivity index (χ4v) is 4.72. The Bertz CT molecular complexity index is 990. The second kappa shape index (κ2) is 8.15. The van der Waals surface area contributed by atoms with Crippen LogP contribution in [0.3, 0.4) is 0 Å². The van der Waals surface area contributed by atoms with E-state index < -0.39 is 11.7 Å². The van der Waals surface area contributed by atoms with Crippen LogP contribution in [0.1, 0.15) is 43.2 Å². The first-order valence-corrected chi connectivity index (χ1v) is 10.5. The lowest BCUT2D eigenvalue weighted by molar-refractivity contribution is 0.0711. The summed E-state index contributed by atoms with van der Waals surface area (Å²) in [5.74, 6) is -0.746. The van der Waals surface area contributed by atoms with Crippen molar-refractivity contribution >= 4 is 40.2 Å². The topological polar surface area (TPSA) is 75.2 Å². The van der Waals surface area contributed by atoms with Gasteiger partial charge in [0.15, 0.2) is 0 Å². The first-order chi connectivity index (χ1) is 13.6. The molecule has 0 spiro atoms. The predicted octanol–water partition coefficient (Wildman–Crippen LogP) is 4.01. The average molecular weight is 417 g/mol. The molecule has 0 aliphatic carbocycles. The van der Waals surface area contributed by atoms with Gasteiger partial charge in [-0.25, -0.2) is 4.39 Å². The van der Waals surface area contributed by atoms with Crippen LogP contribution in [0.25, 0.3) is 0 Å². The molecule has 0 bridgehead atoms.